The maximum atomic E-state index is 12.5. The molecule has 0 aliphatic heterocycles. The van der Waals surface area contributed by atoms with Crippen molar-refractivity contribution in [2.75, 3.05) is 18.5 Å². The molecule has 0 bridgehead atoms. The number of hydrazone groups is 1. The Balaban J connectivity index is 2.33. The highest BCUT2D eigenvalue weighted by Crippen LogP contribution is 2.29. The molecule has 0 saturated heterocycles. The summed E-state index contributed by atoms with van der Waals surface area (Å²) in [4.78, 5) is 10.5. The molecule has 0 spiro atoms. The van der Waals surface area contributed by atoms with E-state index in [1.807, 2.05) is 0 Å². The highest BCUT2D eigenvalue weighted by molar-refractivity contribution is 7.89. The summed E-state index contributed by atoms with van der Waals surface area (Å²) in [5, 5.41) is 34.2. The number of nitrogens with zero attached hydrogens (tertiary/aromatic N) is 3. The lowest BCUT2D eigenvalue weighted by molar-refractivity contribution is -0.384. The number of phenolic OH excluding ortho intramolecular Hbond substituents is 2. The summed E-state index contributed by atoms with van der Waals surface area (Å²) in [5.74, 6) is -0.344. The molecule has 0 fully saturated rings. The Morgan fingerprint density at radius 2 is 1.86 bits per heavy atom. The zero-order valence-electron chi connectivity index (χ0n) is 15.2. The minimum atomic E-state index is -3.84. The maximum Gasteiger partial charge on any atom is 0.295 e. The third kappa shape index (κ3) is 4.56. The molecule has 0 saturated carbocycles. The van der Waals surface area contributed by atoms with E-state index in [9.17, 15) is 28.7 Å². The number of sulfonamides is 1. The number of phenols is 2. The van der Waals surface area contributed by atoms with Crippen LogP contribution in [-0.2, 0) is 10.0 Å². The Labute approximate surface area is 161 Å². The summed E-state index contributed by atoms with van der Waals surface area (Å²) in [5.41, 5.74) is 2.26. The van der Waals surface area contributed by atoms with E-state index in [1.165, 1.54) is 34.8 Å². The molecule has 150 valence electrons. The van der Waals surface area contributed by atoms with Gasteiger partial charge in [0.15, 0.2) is 0 Å². The number of anilines is 1. The molecule has 0 radical (unpaired) electrons. The number of rotatable bonds is 8. The highest BCUT2D eigenvalue weighted by atomic mass is 32.2. The number of nitro groups is 1. The van der Waals surface area contributed by atoms with E-state index >= 15 is 0 Å². The number of aromatic hydroxyl groups is 2. The Hall–Kier alpha value is -3.18. The van der Waals surface area contributed by atoms with Crippen molar-refractivity contribution in [3.63, 3.8) is 0 Å². The van der Waals surface area contributed by atoms with Gasteiger partial charge in [-0.05, 0) is 24.3 Å². The second-order valence-electron chi connectivity index (χ2n) is 5.64. The predicted molar refractivity (Wildman–Crippen MR) is 104 cm³/mol. The van der Waals surface area contributed by atoms with Gasteiger partial charge in [-0.3, -0.25) is 15.5 Å². The normalized spacial score (nSPS) is 11.8. The predicted octanol–water partition coefficient (Wildman–Crippen LogP) is 2.48. The van der Waals surface area contributed by atoms with Crippen LogP contribution in [0.25, 0.3) is 0 Å². The van der Waals surface area contributed by atoms with Crippen LogP contribution in [0.3, 0.4) is 0 Å². The van der Waals surface area contributed by atoms with Gasteiger partial charge in [0.2, 0.25) is 10.0 Å². The highest BCUT2D eigenvalue weighted by Gasteiger charge is 2.25. The summed E-state index contributed by atoms with van der Waals surface area (Å²) < 4.78 is 26.3. The van der Waals surface area contributed by atoms with Crippen LogP contribution in [-0.4, -0.2) is 47.2 Å². The summed E-state index contributed by atoms with van der Waals surface area (Å²) in [6.45, 7) is 3.85. The molecule has 0 amide bonds. The number of hydrogen-bond acceptors (Lipinski definition) is 8. The lowest BCUT2D eigenvalue weighted by atomic mass is 10.2. The Bertz CT molecular complexity index is 1000. The van der Waals surface area contributed by atoms with Crippen molar-refractivity contribution in [2.24, 2.45) is 5.10 Å². The van der Waals surface area contributed by atoms with E-state index in [1.54, 1.807) is 13.8 Å². The standard InChI is InChI=1S/C17H20N4O6S/c1-3-20(4-2)28(26,27)14-7-8-15(16(10-14)21(24)25)19-18-11-12-5-6-13(22)9-17(12)23/h5-11,19,22-23H,3-4H2,1-2H3. The van der Waals surface area contributed by atoms with Crippen LogP contribution in [0.4, 0.5) is 11.4 Å². The summed E-state index contributed by atoms with van der Waals surface area (Å²) in [6, 6.07) is 7.36. The molecule has 10 nitrogen and oxygen atoms in total. The SMILES string of the molecule is CCN(CC)S(=O)(=O)c1ccc(NN=Cc2ccc(O)cc2O)c([N+](=O)[O-])c1. The van der Waals surface area contributed by atoms with Gasteiger partial charge in [-0.1, -0.05) is 13.8 Å². The molecule has 2 rings (SSSR count). The van der Waals surface area contributed by atoms with E-state index in [2.05, 4.69) is 10.5 Å². The molecule has 0 heterocycles. The first kappa shape index (κ1) is 21.1. The number of nitro benzene ring substituents is 1. The zero-order chi connectivity index (χ0) is 20.9. The monoisotopic (exact) mass is 408 g/mol. The average molecular weight is 408 g/mol. The van der Waals surface area contributed by atoms with Crippen LogP contribution in [0.2, 0.25) is 0 Å². The van der Waals surface area contributed by atoms with Crippen molar-refractivity contribution in [2.45, 2.75) is 18.7 Å². The van der Waals surface area contributed by atoms with Gasteiger partial charge in [0.25, 0.3) is 5.69 Å². The summed E-state index contributed by atoms with van der Waals surface area (Å²) in [7, 11) is -3.84. The van der Waals surface area contributed by atoms with Crippen LogP contribution >= 0.6 is 0 Å². The Kier molecular flexibility index (Phi) is 6.54. The third-order valence-corrected chi connectivity index (χ3v) is 5.96. The molecule has 11 heteroatoms. The van der Waals surface area contributed by atoms with E-state index in [0.717, 1.165) is 12.1 Å². The fourth-order valence-corrected chi connectivity index (χ4v) is 3.92. The first-order valence-corrected chi connectivity index (χ1v) is 9.74. The van der Waals surface area contributed by atoms with E-state index in [4.69, 9.17) is 0 Å². The van der Waals surface area contributed by atoms with Gasteiger partial charge < -0.3 is 10.2 Å². The van der Waals surface area contributed by atoms with Gasteiger partial charge in [0.05, 0.1) is 16.0 Å². The van der Waals surface area contributed by atoms with Gasteiger partial charge in [0.1, 0.15) is 17.2 Å². The molecule has 0 unspecified atom stereocenters. The first-order valence-electron chi connectivity index (χ1n) is 8.30. The van der Waals surface area contributed by atoms with Crippen LogP contribution in [0.15, 0.2) is 46.4 Å². The molecule has 0 atom stereocenters. The van der Waals surface area contributed by atoms with Crippen LogP contribution in [0.1, 0.15) is 19.4 Å². The quantitative estimate of drug-likeness (QED) is 0.345. The Morgan fingerprint density at radius 1 is 1.18 bits per heavy atom. The van der Waals surface area contributed by atoms with Gasteiger partial charge >= 0.3 is 0 Å². The summed E-state index contributed by atoms with van der Waals surface area (Å²) in [6.07, 6.45) is 1.21. The van der Waals surface area contributed by atoms with Crippen molar-refractivity contribution >= 4 is 27.6 Å². The van der Waals surface area contributed by atoms with E-state index in [-0.39, 0.29) is 40.7 Å². The molecule has 2 aromatic rings. The van der Waals surface area contributed by atoms with Crippen molar-refractivity contribution in [3.05, 3.63) is 52.1 Å². The third-order valence-electron chi connectivity index (χ3n) is 3.91. The van der Waals surface area contributed by atoms with Crippen LogP contribution < -0.4 is 5.43 Å². The van der Waals surface area contributed by atoms with Gasteiger partial charge in [-0.25, -0.2) is 8.42 Å². The molecule has 3 N–H and O–H groups in total. The number of hydrogen-bond donors (Lipinski definition) is 3. The van der Waals surface area contributed by atoms with Crippen molar-refractivity contribution in [3.8, 4) is 11.5 Å². The van der Waals surface area contributed by atoms with Gasteiger partial charge in [-0.15, -0.1) is 0 Å². The van der Waals surface area contributed by atoms with E-state index in [0.29, 0.717) is 0 Å². The smallest absolute Gasteiger partial charge is 0.295 e. The number of nitrogens with one attached hydrogen (secondary N) is 1. The lowest BCUT2D eigenvalue weighted by Gasteiger charge is -2.18. The Morgan fingerprint density at radius 3 is 2.43 bits per heavy atom. The van der Waals surface area contributed by atoms with Crippen molar-refractivity contribution in [1.29, 1.82) is 0 Å². The van der Waals surface area contributed by atoms with Crippen LogP contribution in [0.5, 0.6) is 11.5 Å². The van der Waals surface area contributed by atoms with Crippen LogP contribution in [0, 0.1) is 10.1 Å². The molecule has 2 aromatic carbocycles. The molecule has 0 aliphatic carbocycles. The second kappa shape index (κ2) is 8.67. The van der Waals surface area contributed by atoms with Gasteiger partial charge in [-0.2, -0.15) is 9.41 Å². The fraction of sp³-hybridized carbons (Fsp3) is 0.235. The first-order chi connectivity index (χ1) is 13.2. The van der Waals surface area contributed by atoms with E-state index < -0.39 is 20.6 Å². The molecular formula is C17H20N4O6S. The summed E-state index contributed by atoms with van der Waals surface area (Å²) >= 11 is 0. The fourth-order valence-electron chi connectivity index (χ4n) is 2.44. The minimum absolute atomic E-state index is 0.0157. The molecule has 28 heavy (non-hydrogen) atoms. The number of benzene rings is 2. The molecule has 0 aromatic heterocycles. The lowest BCUT2D eigenvalue weighted by Crippen LogP contribution is -2.30. The largest absolute Gasteiger partial charge is 0.508 e. The van der Waals surface area contributed by atoms with Crippen molar-refractivity contribution in [1.82, 2.24) is 4.31 Å². The second-order valence-corrected chi connectivity index (χ2v) is 7.58. The topological polar surface area (TPSA) is 145 Å². The minimum Gasteiger partial charge on any atom is -0.508 e. The molecular weight excluding hydrogens is 388 g/mol. The van der Waals surface area contributed by atoms with Gasteiger partial charge in [0, 0.05) is 30.8 Å². The molecule has 0 aliphatic rings. The average Bonchev–Trinajstić information content (AvgIpc) is 2.64. The zero-order valence-corrected chi connectivity index (χ0v) is 16.0. The maximum absolute atomic E-state index is 12.5. The van der Waals surface area contributed by atoms with Crippen molar-refractivity contribution < 1.29 is 23.6 Å².